The van der Waals surface area contributed by atoms with E-state index in [-0.39, 0.29) is 31.2 Å². The van der Waals surface area contributed by atoms with Crippen molar-refractivity contribution in [2.45, 2.75) is 31.5 Å². The smallest absolute Gasteiger partial charge is 0.459 e. The van der Waals surface area contributed by atoms with Crippen molar-refractivity contribution in [2.24, 2.45) is 0 Å². The van der Waals surface area contributed by atoms with Gasteiger partial charge >= 0.3 is 13.7 Å². The van der Waals surface area contributed by atoms with E-state index in [2.05, 4.69) is 20.0 Å². The van der Waals surface area contributed by atoms with Crippen LogP contribution in [0.15, 0.2) is 73.3 Å². The molecule has 1 fully saturated rings. The van der Waals surface area contributed by atoms with Crippen LogP contribution in [0.5, 0.6) is 5.75 Å². The Labute approximate surface area is 223 Å². The summed E-state index contributed by atoms with van der Waals surface area (Å²) in [5.41, 5.74) is 7.46. The Morgan fingerprint density at radius 3 is 2.64 bits per heavy atom. The van der Waals surface area contributed by atoms with Crippen molar-refractivity contribution in [1.82, 2.24) is 24.6 Å². The van der Waals surface area contributed by atoms with Crippen LogP contribution in [0.3, 0.4) is 0 Å². The third-order valence-electron chi connectivity index (χ3n) is 5.89. The lowest BCUT2D eigenvalue weighted by Crippen LogP contribution is -2.27. The summed E-state index contributed by atoms with van der Waals surface area (Å²) < 4.78 is 37.7. The van der Waals surface area contributed by atoms with Crippen LogP contribution in [0.4, 0.5) is 5.82 Å². The molecule has 1 unspecified atom stereocenters. The van der Waals surface area contributed by atoms with Crippen molar-refractivity contribution in [3.05, 3.63) is 78.9 Å². The largest absolute Gasteiger partial charge is 0.460 e. The Hall–Kier alpha value is -3.87. The molecule has 0 radical (unpaired) electrons. The molecular weight excluding hydrogens is 527 g/mol. The van der Waals surface area contributed by atoms with E-state index < -0.39 is 38.7 Å². The summed E-state index contributed by atoms with van der Waals surface area (Å²) >= 11 is 0. The van der Waals surface area contributed by atoms with Crippen LogP contribution >= 0.6 is 7.75 Å². The first-order valence-corrected chi connectivity index (χ1v) is 13.6. The van der Waals surface area contributed by atoms with Crippen molar-refractivity contribution >= 4 is 30.7 Å². The van der Waals surface area contributed by atoms with Crippen molar-refractivity contribution in [3.63, 3.8) is 0 Å². The van der Waals surface area contributed by atoms with Gasteiger partial charge in [-0.05, 0) is 17.7 Å². The van der Waals surface area contributed by atoms with Gasteiger partial charge in [-0.2, -0.15) is 0 Å². The highest BCUT2D eigenvalue weighted by Gasteiger charge is 2.38. The number of anilines is 1. The Kier molecular flexibility index (Phi) is 8.15. The molecule has 39 heavy (non-hydrogen) atoms. The zero-order chi connectivity index (χ0) is 27.2. The topological polar surface area (TPSA) is 173 Å². The molecule has 4 N–H and O–H groups in total. The van der Waals surface area contributed by atoms with Crippen molar-refractivity contribution in [1.29, 1.82) is 0 Å². The molecule has 4 aromatic rings. The zero-order valence-electron chi connectivity index (χ0n) is 20.7. The van der Waals surface area contributed by atoms with Gasteiger partial charge in [-0.1, -0.05) is 48.5 Å². The molecule has 0 aliphatic carbocycles. The number of esters is 1. The monoisotopic (exact) mass is 554 g/mol. The molecule has 1 aliphatic heterocycles. The number of carbonyl (C=O) groups excluding carboxylic acids is 1. The summed E-state index contributed by atoms with van der Waals surface area (Å²) in [5.74, 6) is -0.155. The molecule has 0 amide bonds. The van der Waals surface area contributed by atoms with E-state index in [9.17, 15) is 14.5 Å². The molecule has 0 bridgehead atoms. The van der Waals surface area contributed by atoms with Gasteiger partial charge in [0.05, 0.1) is 19.0 Å². The van der Waals surface area contributed by atoms with E-state index in [4.69, 9.17) is 24.3 Å². The number of nitrogens with one attached hydrogen (secondary N) is 1. The highest BCUT2D eigenvalue weighted by atomic mass is 31.2. The first-order valence-electron chi connectivity index (χ1n) is 12.1. The number of nitrogens with zero attached hydrogens (tertiary/aromatic N) is 4. The van der Waals surface area contributed by atoms with Crippen LogP contribution in [-0.4, -0.2) is 56.0 Å². The number of rotatable bonds is 11. The third-order valence-corrected chi connectivity index (χ3v) is 7.37. The fourth-order valence-electron chi connectivity index (χ4n) is 4.00. The predicted molar refractivity (Wildman–Crippen MR) is 139 cm³/mol. The average molecular weight is 555 g/mol. The van der Waals surface area contributed by atoms with Crippen LogP contribution in [-0.2, 0) is 30.0 Å². The van der Waals surface area contributed by atoms with Gasteiger partial charge in [0.1, 0.15) is 36.8 Å². The molecule has 1 saturated heterocycles. The molecular formula is C25H27N6O7P. The Morgan fingerprint density at radius 1 is 1.13 bits per heavy atom. The number of hydrogen-bond donors (Lipinski definition) is 3. The molecule has 1 aliphatic rings. The maximum Gasteiger partial charge on any atom is 0.459 e. The lowest BCUT2D eigenvalue weighted by molar-refractivity contribution is -0.143. The summed E-state index contributed by atoms with van der Waals surface area (Å²) in [6.07, 6.45) is 0.525. The van der Waals surface area contributed by atoms with Crippen LogP contribution in [0.1, 0.15) is 18.2 Å². The SMILES string of the molecule is Nc1ncnc2c1ncn2[C@@H]1O[C@H](COP(=O)(NCC(=O)OCc2ccccc2)Oc2ccccc2)C[C@@H]1O. The van der Waals surface area contributed by atoms with Gasteiger partial charge in [-0.25, -0.2) is 24.6 Å². The number of hydrogen-bond acceptors (Lipinski definition) is 11. The molecule has 0 saturated carbocycles. The predicted octanol–water partition coefficient (Wildman–Crippen LogP) is 2.59. The number of aromatic nitrogens is 4. The highest BCUT2D eigenvalue weighted by molar-refractivity contribution is 7.52. The second kappa shape index (κ2) is 11.9. The summed E-state index contributed by atoms with van der Waals surface area (Å²) in [7, 11) is -4.06. The first kappa shape index (κ1) is 26.7. The van der Waals surface area contributed by atoms with Crippen LogP contribution in [0.25, 0.3) is 11.2 Å². The third kappa shape index (κ3) is 6.59. The van der Waals surface area contributed by atoms with E-state index in [1.165, 1.54) is 12.7 Å². The van der Waals surface area contributed by atoms with Crippen LogP contribution in [0.2, 0.25) is 0 Å². The quantitative estimate of drug-likeness (QED) is 0.183. The number of aliphatic hydroxyl groups excluding tert-OH is 1. The molecule has 5 rings (SSSR count). The van der Waals surface area contributed by atoms with E-state index >= 15 is 0 Å². The molecule has 0 spiro atoms. The van der Waals surface area contributed by atoms with Gasteiger partial charge in [0.25, 0.3) is 0 Å². The van der Waals surface area contributed by atoms with E-state index in [0.29, 0.717) is 11.2 Å². The molecule has 4 atom stereocenters. The molecule has 14 heteroatoms. The summed E-state index contributed by atoms with van der Waals surface area (Å²) in [6, 6.07) is 17.6. The molecule has 2 aromatic carbocycles. The van der Waals surface area contributed by atoms with Crippen molar-refractivity contribution < 1.29 is 33.0 Å². The fourth-order valence-corrected chi connectivity index (χ4v) is 5.29. The maximum atomic E-state index is 13.6. The zero-order valence-corrected chi connectivity index (χ0v) is 21.6. The van der Waals surface area contributed by atoms with E-state index in [1.807, 2.05) is 30.3 Å². The maximum absolute atomic E-state index is 13.6. The van der Waals surface area contributed by atoms with E-state index in [0.717, 1.165) is 5.56 Å². The molecule has 3 heterocycles. The Morgan fingerprint density at radius 2 is 1.87 bits per heavy atom. The first-order chi connectivity index (χ1) is 18.9. The number of imidazole rings is 1. The number of nitrogen functional groups attached to an aromatic ring is 1. The second-order valence-corrected chi connectivity index (χ2v) is 10.5. The number of ether oxygens (including phenoxy) is 2. The minimum absolute atomic E-state index is 0.0702. The van der Waals surface area contributed by atoms with Gasteiger partial charge in [-0.3, -0.25) is 13.9 Å². The minimum Gasteiger partial charge on any atom is -0.460 e. The van der Waals surface area contributed by atoms with Gasteiger partial charge < -0.3 is 24.8 Å². The van der Waals surface area contributed by atoms with Crippen LogP contribution < -0.4 is 15.3 Å². The lowest BCUT2D eigenvalue weighted by atomic mass is 10.2. The Bertz CT molecular complexity index is 1460. The Balaban J connectivity index is 1.22. The van der Waals surface area contributed by atoms with E-state index in [1.54, 1.807) is 34.9 Å². The number of para-hydroxylation sites is 1. The van der Waals surface area contributed by atoms with Gasteiger partial charge in [-0.15, -0.1) is 0 Å². The highest BCUT2D eigenvalue weighted by Crippen LogP contribution is 2.45. The summed E-state index contributed by atoms with van der Waals surface area (Å²) in [5, 5.41) is 13.2. The second-order valence-electron chi connectivity index (χ2n) is 8.71. The van der Waals surface area contributed by atoms with Gasteiger partial charge in [0.15, 0.2) is 17.7 Å². The number of aliphatic hydroxyl groups is 1. The lowest BCUT2D eigenvalue weighted by Gasteiger charge is -2.21. The minimum atomic E-state index is -4.06. The standard InChI is InChI=1S/C25H27N6O7P/c26-23-22-24(28-15-27-23)31(16-29-22)25-20(32)11-19(37-25)14-36-39(34,38-18-9-5-2-6-10-18)30-12-21(33)35-13-17-7-3-1-4-8-17/h1-10,15-16,19-20,25,32H,11-14H2,(H,30,34)(H2,26,27,28)/t19-,20-,25+,39?/m0/s1. The van der Waals surface area contributed by atoms with Crippen molar-refractivity contribution in [2.75, 3.05) is 18.9 Å². The fraction of sp³-hybridized carbons (Fsp3) is 0.280. The van der Waals surface area contributed by atoms with Gasteiger partial charge in [0, 0.05) is 6.42 Å². The van der Waals surface area contributed by atoms with Crippen molar-refractivity contribution in [3.8, 4) is 5.75 Å². The normalized spacial score (nSPS) is 20.5. The van der Waals surface area contributed by atoms with Crippen LogP contribution in [0, 0.1) is 0 Å². The number of benzene rings is 2. The summed E-state index contributed by atoms with van der Waals surface area (Å²) in [6.45, 7) is -0.551. The number of nitrogens with two attached hydrogens (primary N) is 1. The molecule has 2 aromatic heterocycles. The summed E-state index contributed by atoms with van der Waals surface area (Å²) in [4.78, 5) is 24.6. The molecule has 204 valence electrons. The average Bonchev–Trinajstić information content (AvgIpc) is 3.54. The molecule has 13 nitrogen and oxygen atoms in total. The number of fused-ring (bicyclic) bond motifs is 1. The van der Waals surface area contributed by atoms with Gasteiger partial charge in [0.2, 0.25) is 0 Å². The number of carbonyl (C=O) groups is 1.